The van der Waals surface area contributed by atoms with Crippen LogP contribution in [0.25, 0.3) is 0 Å². The molecule has 0 aliphatic carbocycles. The van der Waals surface area contributed by atoms with E-state index in [2.05, 4.69) is 26.3 Å². The summed E-state index contributed by atoms with van der Waals surface area (Å²) in [7, 11) is -4.50. The van der Waals surface area contributed by atoms with Crippen LogP contribution in [0.5, 0.6) is 0 Å². The van der Waals surface area contributed by atoms with Crippen LogP contribution in [0.4, 0.5) is 0 Å². The lowest BCUT2D eigenvalue weighted by Crippen LogP contribution is -1.03. The molecule has 0 heterocycles. The van der Waals surface area contributed by atoms with Crippen molar-refractivity contribution in [2.75, 3.05) is 0 Å². The van der Waals surface area contributed by atoms with E-state index in [9.17, 15) is 0 Å². The van der Waals surface area contributed by atoms with Gasteiger partial charge in [-0.15, -0.1) is 26.3 Å². The van der Waals surface area contributed by atoms with E-state index in [1.165, 1.54) is 0 Å². The van der Waals surface area contributed by atoms with Gasteiger partial charge in [-0.3, -0.25) is 13.7 Å². The first-order valence-electron chi connectivity index (χ1n) is 2.48. The quantitative estimate of drug-likeness (QED) is 0.430. The van der Waals surface area contributed by atoms with Gasteiger partial charge < -0.3 is 14.7 Å². The van der Waals surface area contributed by atoms with E-state index >= 15 is 0 Å². The zero-order chi connectivity index (χ0) is 12.1. The van der Waals surface area contributed by atoms with E-state index in [1.807, 2.05) is 0 Å². The van der Waals surface area contributed by atoms with Crippen LogP contribution in [-0.2, 0) is 13.7 Å². The fraction of sp³-hybridized carbons (Fsp3) is 0. The Balaban J connectivity index is -0.0000000208. The second kappa shape index (κ2) is 158. The van der Waals surface area contributed by atoms with Gasteiger partial charge >= 0.3 is 0 Å². The van der Waals surface area contributed by atoms with Crippen LogP contribution in [-0.4, -0.2) is 14.7 Å². The Morgan fingerprint density at radius 1 is 0.615 bits per heavy atom. The van der Waals surface area contributed by atoms with Crippen molar-refractivity contribution in [3.8, 4) is 0 Å². The Bertz CT molecular complexity index is 73.7. The molecule has 84 valence electrons. The first-order valence-corrected chi connectivity index (χ1v) is 5.45. The molecule has 0 aromatic heterocycles. The summed E-state index contributed by atoms with van der Waals surface area (Å²) in [5, 5.41) is 0. The monoisotopic (exact) mass is 254 g/mol. The van der Waals surface area contributed by atoms with Crippen molar-refractivity contribution < 1.29 is 28.4 Å². The van der Waals surface area contributed by atoms with Gasteiger partial charge in [0.05, 0.1) is 0 Å². The predicted octanol–water partition coefficient (Wildman–Crippen LogP) is 0.554. The summed E-state index contributed by atoms with van der Waals surface area (Å²) in [6.07, 6.45) is 0. The highest BCUT2D eigenvalue weighted by Crippen LogP contribution is 1.66. The largest absolute Gasteiger partial charge is 0.348 e. The zero-order valence-corrected chi connectivity index (χ0v) is 10.6. The van der Waals surface area contributed by atoms with Crippen LogP contribution in [0.15, 0.2) is 26.3 Å². The molecule has 0 radical (unpaired) electrons. The number of hydrogen-bond donors (Lipinski definition) is 3. The average molecular weight is 254 g/mol. The molecule has 0 aliphatic rings. The highest BCUT2D eigenvalue weighted by Gasteiger charge is 1.18. The molecule has 0 saturated carbocycles. The summed E-state index contributed by atoms with van der Waals surface area (Å²) in [5.74, 6) is 0. The Kier molecular flexibility index (Phi) is 356. The molecular weight excluding hydrogens is 237 g/mol. The van der Waals surface area contributed by atoms with E-state index in [0.29, 0.717) is 0 Å². The van der Waals surface area contributed by atoms with Crippen molar-refractivity contribution in [2.24, 2.45) is 0 Å². The molecule has 0 saturated heterocycles. The fourth-order valence-corrected chi connectivity index (χ4v) is 0. The maximum Gasteiger partial charge on any atom is 0.177 e. The van der Waals surface area contributed by atoms with Crippen LogP contribution in [0.3, 0.4) is 0 Å². The van der Waals surface area contributed by atoms with Crippen molar-refractivity contribution in [3.05, 3.63) is 26.3 Å². The van der Waals surface area contributed by atoms with Gasteiger partial charge in [-0.2, -0.15) is 0 Å². The molecule has 6 nitrogen and oxygen atoms in total. The molecule has 0 aromatic rings. The van der Waals surface area contributed by atoms with Crippen LogP contribution in [0, 0.1) is 0 Å². The van der Waals surface area contributed by atoms with Gasteiger partial charge in [-0.25, -0.2) is 0 Å². The normalized spacial score (nSPS) is 7.31. The molecule has 0 aromatic carbocycles. The summed E-state index contributed by atoms with van der Waals surface area (Å²) >= 11 is 0. The molecule has 0 amide bonds. The van der Waals surface area contributed by atoms with Crippen molar-refractivity contribution in [1.82, 2.24) is 0 Å². The van der Waals surface area contributed by atoms with Gasteiger partial charge in [0.2, 0.25) is 0 Å². The van der Waals surface area contributed by atoms with Crippen molar-refractivity contribution in [3.63, 3.8) is 0 Å². The summed E-state index contributed by atoms with van der Waals surface area (Å²) in [6, 6.07) is 0. The summed E-state index contributed by atoms with van der Waals surface area (Å²) in [5.41, 5.74) is 0. The molecule has 3 N–H and O–H groups in total. The molecular formula is C4H17O6P3. The Morgan fingerprint density at radius 3 is 0.615 bits per heavy atom. The molecule has 0 bridgehead atoms. The van der Waals surface area contributed by atoms with Crippen LogP contribution in [0.2, 0.25) is 0 Å². The molecule has 3 atom stereocenters. The van der Waals surface area contributed by atoms with E-state index in [-0.39, 0.29) is 0 Å². The molecule has 0 aliphatic heterocycles. The van der Waals surface area contributed by atoms with Crippen LogP contribution >= 0.6 is 26.1 Å². The molecule has 0 spiro atoms. The Labute approximate surface area is 81.5 Å². The third-order valence-corrected chi connectivity index (χ3v) is 0. The smallest absolute Gasteiger partial charge is 0.177 e. The molecule has 0 fully saturated rings. The second-order valence-electron chi connectivity index (χ2n) is 0.316. The molecule has 3 unspecified atom stereocenters. The van der Waals surface area contributed by atoms with Gasteiger partial charge in [-0.1, -0.05) is 0 Å². The van der Waals surface area contributed by atoms with Crippen molar-refractivity contribution >= 4 is 26.1 Å². The van der Waals surface area contributed by atoms with E-state index in [0.717, 1.165) is 0 Å². The lowest BCUT2D eigenvalue weighted by atomic mass is 11.3. The highest BCUT2D eigenvalue weighted by atomic mass is 31.1. The molecule has 9 heteroatoms. The number of rotatable bonds is 0. The summed E-state index contributed by atoms with van der Waals surface area (Å²) in [6.45, 7) is 12.0. The maximum absolute atomic E-state index is 8.57. The SMILES string of the molecule is C=C.C=C.O=[PH2]O.O=[PH2]O.O=[PH2]O. The highest BCUT2D eigenvalue weighted by molar-refractivity contribution is 7.16. The van der Waals surface area contributed by atoms with Crippen LogP contribution < -0.4 is 0 Å². The Morgan fingerprint density at radius 2 is 0.615 bits per heavy atom. The standard InChI is InChI=1S/2C2H4.3H3O2P/c2*1-2;3*1-3-2/h2*1-2H2;3*3H2,(H,1,2). The first kappa shape index (κ1) is 29.2. The first-order chi connectivity index (χ1) is 6.24. The minimum atomic E-state index is -1.50. The zero-order valence-electron chi connectivity index (χ0n) is 7.13. The van der Waals surface area contributed by atoms with E-state index in [4.69, 9.17) is 28.4 Å². The van der Waals surface area contributed by atoms with Crippen LogP contribution in [0.1, 0.15) is 0 Å². The molecule has 0 rings (SSSR count). The van der Waals surface area contributed by atoms with Crippen molar-refractivity contribution in [2.45, 2.75) is 0 Å². The van der Waals surface area contributed by atoms with Gasteiger partial charge in [0.1, 0.15) is 0 Å². The van der Waals surface area contributed by atoms with E-state index in [1.54, 1.807) is 0 Å². The predicted molar refractivity (Wildman–Crippen MR) is 60.4 cm³/mol. The number of hydrogen-bond acceptors (Lipinski definition) is 3. The minimum absolute atomic E-state index is 1.50. The van der Waals surface area contributed by atoms with Gasteiger partial charge in [0, 0.05) is 0 Å². The van der Waals surface area contributed by atoms with Crippen molar-refractivity contribution in [1.29, 1.82) is 0 Å². The summed E-state index contributed by atoms with van der Waals surface area (Å²) < 4.78 is 25.7. The van der Waals surface area contributed by atoms with E-state index < -0.39 is 26.1 Å². The maximum atomic E-state index is 8.57. The van der Waals surface area contributed by atoms with Gasteiger partial charge in [0.25, 0.3) is 0 Å². The average Bonchev–Trinajstić information content (AvgIpc) is 2.14. The summed E-state index contributed by atoms with van der Waals surface area (Å²) in [4.78, 5) is 21.3. The van der Waals surface area contributed by atoms with Gasteiger partial charge in [-0.05, 0) is 0 Å². The lowest BCUT2D eigenvalue weighted by Gasteiger charge is -1.33. The fourth-order valence-electron chi connectivity index (χ4n) is 0. The third-order valence-electron chi connectivity index (χ3n) is 0. The third kappa shape index (κ3) is 487000. The van der Waals surface area contributed by atoms with Gasteiger partial charge in [0.15, 0.2) is 26.1 Å². The lowest BCUT2D eigenvalue weighted by molar-refractivity contribution is 0.523. The topological polar surface area (TPSA) is 112 Å². The minimum Gasteiger partial charge on any atom is -0.348 e. The second-order valence-corrected chi connectivity index (χ2v) is 0.949. The molecule has 13 heavy (non-hydrogen) atoms. The Hall–Kier alpha value is 0.0500.